The largest absolute Gasteiger partial charge is 0.380 e. The van der Waals surface area contributed by atoms with Crippen molar-refractivity contribution in [1.82, 2.24) is 4.98 Å². The molecule has 1 aromatic heterocycles. The molecule has 0 aromatic carbocycles. The Bertz CT molecular complexity index is 444. The lowest BCUT2D eigenvalue weighted by Gasteiger charge is -2.27. The molecule has 1 aromatic rings. The monoisotopic (exact) mass is 248 g/mol. The first kappa shape index (κ1) is 11.1. The van der Waals surface area contributed by atoms with Crippen LogP contribution in [0.5, 0.6) is 0 Å². The second kappa shape index (κ2) is 4.34. The van der Waals surface area contributed by atoms with E-state index in [2.05, 4.69) is 29.4 Å². The summed E-state index contributed by atoms with van der Waals surface area (Å²) in [5, 5.41) is 4.08. The quantitative estimate of drug-likeness (QED) is 0.651. The fraction of sp³-hybridized carbons (Fsp3) is 0.500. The lowest BCUT2D eigenvalue weighted by Crippen LogP contribution is -2.29. The molecule has 1 heterocycles. The average Bonchev–Trinajstić information content (AvgIpc) is 2.94. The van der Waals surface area contributed by atoms with Crippen molar-refractivity contribution in [1.29, 1.82) is 0 Å². The van der Waals surface area contributed by atoms with Gasteiger partial charge in [-0.3, -0.25) is 0 Å². The molecule has 2 aliphatic carbocycles. The van der Waals surface area contributed by atoms with Crippen molar-refractivity contribution < 1.29 is 0 Å². The van der Waals surface area contributed by atoms with Crippen molar-refractivity contribution in [2.75, 3.05) is 5.32 Å². The molecule has 0 radical (unpaired) electrons. The molecule has 4 unspecified atom stereocenters. The van der Waals surface area contributed by atoms with Crippen LogP contribution in [0.2, 0.25) is 5.15 Å². The van der Waals surface area contributed by atoms with Gasteiger partial charge in [0.2, 0.25) is 0 Å². The Labute approximate surface area is 107 Å². The fourth-order valence-corrected chi connectivity index (χ4v) is 3.42. The lowest BCUT2D eigenvalue weighted by molar-refractivity contribution is 0.400. The zero-order valence-electron chi connectivity index (χ0n) is 9.94. The van der Waals surface area contributed by atoms with E-state index in [1.54, 1.807) is 6.20 Å². The molecule has 1 N–H and O–H groups in total. The van der Waals surface area contributed by atoms with Gasteiger partial charge in [0.15, 0.2) is 5.15 Å². The van der Waals surface area contributed by atoms with Crippen molar-refractivity contribution in [3.63, 3.8) is 0 Å². The van der Waals surface area contributed by atoms with E-state index < -0.39 is 0 Å². The van der Waals surface area contributed by atoms with Gasteiger partial charge in [-0.25, -0.2) is 4.98 Å². The second-order valence-electron chi connectivity index (χ2n) is 5.22. The molecule has 2 nitrogen and oxygen atoms in total. The highest BCUT2D eigenvalue weighted by atomic mass is 35.5. The van der Waals surface area contributed by atoms with Gasteiger partial charge in [-0.05, 0) is 49.7 Å². The molecule has 0 spiro atoms. The molecule has 1 fully saturated rings. The van der Waals surface area contributed by atoms with Crippen LogP contribution in [0.1, 0.15) is 19.8 Å². The first-order chi connectivity index (χ1) is 8.24. The van der Waals surface area contributed by atoms with Crippen LogP contribution in [-0.4, -0.2) is 11.0 Å². The third kappa shape index (κ3) is 2.06. The molecule has 3 heteroatoms. The van der Waals surface area contributed by atoms with E-state index in [0.29, 0.717) is 11.2 Å². The normalized spacial score (nSPS) is 31.8. The van der Waals surface area contributed by atoms with E-state index in [4.69, 9.17) is 11.6 Å². The average molecular weight is 249 g/mol. The van der Waals surface area contributed by atoms with E-state index >= 15 is 0 Å². The van der Waals surface area contributed by atoms with Crippen molar-refractivity contribution in [3.05, 3.63) is 35.6 Å². The summed E-state index contributed by atoms with van der Waals surface area (Å²) in [5.41, 5.74) is 0.952. The molecule has 0 saturated heterocycles. The number of aromatic nitrogens is 1. The van der Waals surface area contributed by atoms with Gasteiger partial charge in [0.1, 0.15) is 0 Å². The molecule has 90 valence electrons. The summed E-state index contributed by atoms with van der Waals surface area (Å²) in [6, 6.07) is 4.37. The fourth-order valence-electron chi connectivity index (χ4n) is 3.24. The van der Waals surface area contributed by atoms with Crippen LogP contribution in [0.25, 0.3) is 0 Å². The maximum absolute atomic E-state index is 6.07. The summed E-state index contributed by atoms with van der Waals surface area (Å²) in [6.45, 7) is 2.25. The number of nitrogens with zero attached hydrogens (tertiary/aromatic N) is 1. The molecule has 2 bridgehead atoms. The number of hydrogen-bond donors (Lipinski definition) is 1. The molecule has 17 heavy (non-hydrogen) atoms. The Kier molecular flexibility index (Phi) is 2.83. The van der Waals surface area contributed by atoms with Gasteiger partial charge >= 0.3 is 0 Å². The van der Waals surface area contributed by atoms with Crippen molar-refractivity contribution in [2.24, 2.45) is 17.8 Å². The Hall–Kier alpha value is -1.02. The third-order valence-corrected chi connectivity index (χ3v) is 4.42. The zero-order chi connectivity index (χ0) is 11.8. The number of rotatable bonds is 3. The van der Waals surface area contributed by atoms with Gasteiger partial charge in [-0.1, -0.05) is 23.8 Å². The Morgan fingerprint density at radius 2 is 2.29 bits per heavy atom. The van der Waals surface area contributed by atoms with Crippen LogP contribution in [-0.2, 0) is 0 Å². The van der Waals surface area contributed by atoms with Gasteiger partial charge in [0.25, 0.3) is 0 Å². The summed E-state index contributed by atoms with van der Waals surface area (Å²) in [4.78, 5) is 4.10. The Balaban J connectivity index is 1.70. The standard InChI is InChI=1S/C14H17ClN2/c1-9(12-8-10-4-5-11(12)7-10)17-13-3-2-6-16-14(13)15/h2-6,9-12,17H,7-8H2,1H3. The van der Waals surface area contributed by atoms with Crippen LogP contribution < -0.4 is 5.32 Å². The summed E-state index contributed by atoms with van der Waals surface area (Å²) < 4.78 is 0. The molecule has 1 saturated carbocycles. The molecule has 0 amide bonds. The molecular formula is C14H17ClN2. The summed E-state index contributed by atoms with van der Waals surface area (Å²) >= 11 is 6.07. The predicted octanol–water partition coefficient (Wildman–Crippen LogP) is 3.75. The molecule has 2 aliphatic rings. The second-order valence-corrected chi connectivity index (χ2v) is 5.58. The SMILES string of the molecule is CC(Nc1cccnc1Cl)C1CC2C=CC1C2. The highest BCUT2D eigenvalue weighted by Crippen LogP contribution is 2.45. The minimum Gasteiger partial charge on any atom is -0.380 e. The molecule has 0 aliphatic heterocycles. The van der Waals surface area contributed by atoms with Crippen molar-refractivity contribution in [3.8, 4) is 0 Å². The number of fused-ring (bicyclic) bond motifs is 2. The molecule has 4 atom stereocenters. The number of nitrogens with one attached hydrogen (secondary N) is 1. The van der Waals surface area contributed by atoms with E-state index in [1.807, 2.05) is 12.1 Å². The van der Waals surface area contributed by atoms with Gasteiger partial charge in [-0.15, -0.1) is 0 Å². The topological polar surface area (TPSA) is 24.9 Å². The number of anilines is 1. The highest BCUT2D eigenvalue weighted by molar-refractivity contribution is 6.31. The van der Waals surface area contributed by atoms with Crippen molar-refractivity contribution in [2.45, 2.75) is 25.8 Å². The number of allylic oxidation sites excluding steroid dienone is 2. The van der Waals surface area contributed by atoms with E-state index in [0.717, 1.165) is 23.4 Å². The van der Waals surface area contributed by atoms with Crippen LogP contribution in [0, 0.1) is 17.8 Å². The van der Waals surface area contributed by atoms with E-state index in [-0.39, 0.29) is 0 Å². The summed E-state index contributed by atoms with van der Waals surface area (Å²) in [5.74, 6) is 2.32. The minimum absolute atomic E-state index is 0.455. The first-order valence-corrected chi connectivity index (χ1v) is 6.67. The van der Waals surface area contributed by atoms with Crippen LogP contribution in [0.4, 0.5) is 5.69 Å². The number of pyridine rings is 1. The van der Waals surface area contributed by atoms with Gasteiger partial charge in [0, 0.05) is 12.2 Å². The number of hydrogen-bond acceptors (Lipinski definition) is 2. The zero-order valence-corrected chi connectivity index (χ0v) is 10.7. The Morgan fingerprint density at radius 1 is 1.41 bits per heavy atom. The van der Waals surface area contributed by atoms with E-state index in [9.17, 15) is 0 Å². The minimum atomic E-state index is 0.455. The smallest absolute Gasteiger partial charge is 0.152 e. The first-order valence-electron chi connectivity index (χ1n) is 6.29. The summed E-state index contributed by atoms with van der Waals surface area (Å²) in [7, 11) is 0. The Morgan fingerprint density at radius 3 is 2.94 bits per heavy atom. The highest BCUT2D eigenvalue weighted by Gasteiger charge is 2.38. The van der Waals surface area contributed by atoms with Gasteiger partial charge < -0.3 is 5.32 Å². The van der Waals surface area contributed by atoms with Crippen molar-refractivity contribution >= 4 is 17.3 Å². The van der Waals surface area contributed by atoms with Crippen LogP contribution >= 0.6 is 11.6 Å². The maximum atomic E-state index is 6.07. The maximum Gasteiger partial charge on any atom is 0.152 e. The van der Waals surface area contributed by atoms with Crippen LogP contribution in [0.15, 0.2) is 30.5 Å². The van der Waals surface area contributed by atoms with Gasteiger partial charge in [0.05, 0.1) is 5.69 Å². The van der Waals surface area contributed by atoms with E-state index in [1.165, 1.54) is 12.8 Å². The van der Waals surface area contributed by atoms with Crippen LogP contribution in [0.3, 0.4) is 0 Å². The molecular weight excluding hydrogens is 232 g/mol. The third-order valence-electron chi connectivity index (χ3n) is 4.11. The predicted molar refractivity (Wildman–Crippen MR) is 71.2 cm³/mol. The molecule has 3 rings (SSSR count). The van der Waals surface area contributed by atoms with Gasteiger partial charge in [-0.2, -0.15) is 0 Å². The lowest BCUT2D eigenvalue weighted by atomic mass is 9.87. The summed E-state index contributed by atoms with van der Waals surface area (Å²) in [6.07, 6.45) is 9.15. The number of halogens is 1.